The fraction of sp³-hybridized carbons (Fsp3) is 0.400. The van der Waals surface area contributed by atoms with Gasteiger partial charge in [0.05, 0.1) is 30.8 Å². The summed E-state index contributed by atoms with van der Waals surface area (Å²) in [5.41, 5.74) is 3.92. The van der Waals surface area contributed by atoms with Crippen molar-refractivity contribution in [1.82, 2.24) is 38.9 Å². The van der Waals surface area contributed by atoms with Gasteiger partial charge in [-0.05, 0) is 68.1 Å². The van der Waals surface area contributed by atoms with Gasteiger partial charge in [-0.25, -0.2) is 23.9 Å². The number of halogens is 2. The molecule has 1 aliphatic carbocycles. The maximum Gasteiger partial charge on any atom is 0.257 e. The first-order valence-electron chi connectivity index (χ1n) is 16.7. The fourth-order valence-electron chi connectivity index (χ4n) is 6.81. The Balaban J connectivity index is 1.11. The van der Waals surface area contributed by atoms with Gasteiger partial charge in [0, 0.05) is 74.6 Å². The van der Waals surface area contributed by atoms with Crippen molar-refractivity contribution in [2.75, 3.05) is 57.8 Å². The van der Waals surface area contributed by atoms with Crippen molar-refractivity contribution in [1.29, 1.82) is 0 Å². The van der Waals surface area contributed by atoms with Gasteiger partial charge >= 0.3 is 0 Å². The first-order valence-corrected chi connectivity index (χ1v) is 16.7. The molecule has 2 aliphatic heterocycles. The molecule has 0 unspecified atom stereocenters. The van der Waals surface area contributed by atoms with E-state index in [-0.39, 0.29) is 23.2 Å². The second-order valence-corrected chi connectivity index (χ2v) is 12.8. The molecule has 6 heterocycles. The lowest BCUT2D eigenvalue weighted by Crippen LogP contribution is -2.43. The van der Waals surface area contributed by atoms with Gasteiger partial charge in [0.2, 0.25) is 5.95 Å². The summed E-state index contributed by atoms with van der Waals surface area (Å²) in [4.78, 5) is 31.1. The van der Waals surface area contributed by atoms with Gasteiger partial charge in [-0.2, -0.15) is 9.49 Å². The van der Waals surface area contributed by atoms with Gasteiger partial charge in [0.15, 0.2) is 11.5 Å². The molecule has 0 spiro atoms. The third-order valence-electron chi connectivity index (χ3n) is 9.55. The number of piperidine rings is 1. The summed E-state index contributed by atoms with van der Waals surface area (Å²) >= 11 is 0. The number of aromatic nitrogens is 6. The van der Waals surface area contributed by atoms with Gasteiger partial charge in [-0.15, -0.1) is 0 Å². The monoisotopic (exact) mass is 653 g/mol. The summed E-state index contributed by atoms with van der Waals surface area (Å²) < 4.78 is 37.2. The molecular weight excluding hydrogens is 616 g/mol. The van der Waals surface area contributed by atoms with E-state index in [4.69, 9.17) is 14.8 Å². The van der Waals surface area contributed by atoms with Crippen LogP contribution in [0.4, 0.5) is 14.6 Å². The topological polar surface area (TPSA) is 106 Å². The minimum absolute atomic E-state index is 0.140. The largest absolute Gasteiger partial charge is 0.379 e. The summed E-state index contributed by atoms with van der Waals surface area (Å²) in [5, 5.41) is 7.71. The van der Waals surface area contributed by atoms with Crippen molar-refractivity contribution < 1.29 is 18.3 Å². The zero-order valence-corrected chi connectivity index (χ0v) is 26.6. The molecule has 3 fully saturated rings. The van der Waals surface area contributed by atoms with Crippen LogP contribution in [-0.4, -0.2) is 97.3 Å². The molecule has 5 aromatic rings. The average Bonchev–Trinajstić information content (AvgIpc) is 3.76. The van der Waals surface area contributed by atoms with Crippen molar-refractivity contribution in [3.05, 3.63) is 84.1 Å². The predicted octanol–water partition coefficient (Wildman–Crippen LogP) is 5.03. The predicted molar refractivity (Wildman–Crippen MR) is 176 cm³/mol. The maximum absolute atomic E-state index is 14.0. The molecule has 48 heavy (non-hydrogen) atoms. The van der Waals surface area contributed by atoms with E-state index in [0.29, 0.717) is 17.3 Å². The number of hydrogen-bond acceptors (Lipinski definition) is 8. The maximum atomic E-state index is 14.0. The van der Waals surface area contributed by atoms with Gasteiger partial charge in [0.25, 0.3) is 5.91 Å². The van der Waals surface area contributed by atoms with Crippen molar-refractivity contribution >= 4 is 17.4 Å². The van der Waals surface area contributed by atoms with E-state index in [1.54, 1.807) is 22.8 Å². The number of nitrogens with one attached hydrogen (secondary N) is 1. The number of fused-ring (bicyclic) bond motifs is 1. The molecule has 0 radical (unpaired) electrons. The Hall–Kier alpha value is -4.59. The van der Waals surface area contributed by atoms with Crippen molar-refractivity contribution in [3.8, 4) is 22.6 Å². The summed E-state index contributed by atoms with van der Waals surface area (Å²) in [6.07, 6.45) is 7.06. The molecular formula is C35H37F2N9O2. The highest BCUT2D eigenvalue weighted by atomic mass is 19.1. The summed E-state index contributed by atoms with van der Waals surface area (Å²) in [5.74, 6) is 0.213. The molecule has 11 nitrogen and oxygen atoms in total. The second kappa shape index (κ2) is 13.1. The number of imidazole rings is 2. The van der Waals surface area contributed by atoms with Crippen molar-refractivity contribution in [2.24, 2.45) is 0 Å². The minimum Gasteiger partial charge on any atom is -0.379 e. The molecule has 1 N–H and O–H groups in total. The van der Waals surface area contributed by atoms with Crippen LogP contribution < -0.4 is 5.32 Å². The normalized spacial score (nSPS) is 18.0. The number of carbonyl (C=O) groups is 1. The molecule has 248 valence electrons. The zero-order chi connectivity index (χ0) is 32.6. The minimum atomic E-state index is -0.734. The third kappa shape index (κ3) is 6.45. The van der Waals surface area contributed by atoms with Crippen molar-refractivity contribution in [2.45, 2.75) is 37.6 Å². The summed E-state index contributed by atoms with van der Waals surface area (Å²) in [6, 6.07) is 13.1. The van der Waals surface area contributed by atoms with Gasteiger partial charge < -0.3 is 19.5 Å². The van der Waals surface area contributed by atoms with Crippen LogP contribution in [0.5, 0.6) is 0 Å². The number of likely N-dealkylation sites (tertiary alicyclic amines) is 1. The first kappa shape index (κ1) is 30.7. The van der Waals surface area contributed by atoms with Crippen LogP contribution >= 0.6 is 0 Å². The highest BCUT2D eigenvalue weighted by Crippen LogP contribution is 2.46. The lowest BCUT2D eigenvalue weighted by Gasteiger charge is -2.36. The SMILES string of the molecule is O=C(Nc1cn2nc(-c3c(-c4ccc(F)cc4)nc(C4CC4)n3C3CCN(CCN4CCOCC4)CC3)ccc2n1)c1ccnc(F)c1. The van der Waals surface area contributed by atoms with Crippen LogP contribution in [0.1, 0.15) is 53.8 Å². The van der Waals surface area contributed by atoms with E-state index in [0.717, 1.165) is 107 Å². The quantitative estimate of drug-likeness (QED) is 0.221. The Morgan fingerprint density at radius 3 is 2.38 bits per heavy atom. The molecule has 1 saturated carbocycles. The van der Waals surface area contributed by atoms with E-state index >= 15 is 0 Å². The number of hydrogen-bond donors (Lipinski definition) is 1. The van der Waals surface area contributed by atoms with Crippen LogP contribution in [0.15, 0.2) is 60.9 Å². The van der Waals surface area contributed by atoms with Gasteiger partial charge in [-0.3, -0.25) is 9.69 Å². The van der Waals surface area contributed by atoms with E-state index in [9.17, 15) is 13.6 Å². The number of rotatable bonds is 9. The van der Waals surface area contributed by atoms with Gasteiger partial charge in [-0.1, -0.05) is 0 Å². The molecule has 4 aromatic heterocycles. The Bertz CT molecular complexity index is 1920. The molecule has 13 heteroatoms. The average molecular weight is 654 g/mol. The highest BCUT2D eigenvalue weighted by molar-refractivity contribution is 6.03. The third-order valence-corrected chi connectivity index (χ3v) is 9.55. The molecule has 1 amide bonds. The lowest BCUT2D eigenvalue weighted by atomic mass is 10.0. The highest BCUT2D eigenvalue weighted by Gasteiger charge is 2.36. The first-order chi connectivity index (χ1) is 23.5. The molecule has 1 aromatic carbocycles. The van der Waals surface area contributed by atoms with E-state index in [1.807, 2.05) is 12.1 Å². The smallest absolute Gasteiger partial charge is 0.257 e. The Morgan fingerprint density at radius 1 is 0.896 bits per heavy atom. The lowest BCUT2D eigenvalue weighted by molar-refractivity contribution is 0.0315. The van der Waals surface area contributed by atoms with Crippen LogP contribution in [0, 0.1) is 11.8 Å². The number of morpholine rings is 1. The summed E-state index contributed by atoms with van der Waals surface area (Å²) in [7, 11) is 0. The zero-order valence-electron chi connectivity index (χ0n) is 26.6. The number of nitrogens with zero attached hydrogens (tertiary/aromatic N) is 8. The second-order valence-electron chi connectivity index (χ2n) is 12.8. The van der Waals surface area contributed by atoms with Crippen LogP contribution in [0.25, 0.3) is 28.3 Å². The van der Waals surface area contributed by atoms with Crippen LogP contribution in [0.3, 0.4) is 0 Å². The van der Waals surface area contributed by atoms with Crippen LogP contribution in [0.2, 0.25) is 0 Å². The fourth-order valence-corrected chi connectivity index (χ4v) is 6.81. The Kier molecular flexibility index (Phi) is 8.41. The molecule has 0 atom stereocenters. The van der Waals surface area contributed by atoms with Gasteiger partial charge in [0.1, 0.15) is 17.3 Å². The summed E-state index contributed by atoms with van der Waals surface area (Å²) in [6.45, 7) is 7.73. The number of pyridine rings is 1. The standard InChI is InChI=1S/C35H37F2N9O2/c36-26-5-3-23(4-6-26)32-33(28-7-8-31-39-30(22-45(31)42-28)40-35(47)25-9-12-38-29(37)21-25)46(34(41-32)24-1-2-24)27-10-13-43(14-11-27)15-16-44-17-19-48-20-18-44/h3-9,12,21-22,24,27H,1-2,10-11,13-20H2,(H,40,47). The Labute approximate surface area is 276 Å². The van der Waals surface area contributed by atoms with E-state index < -0.39 is 11.9 Å². The van der Waals surface area contributed by atoms with E-state index in [1.165, 1.54) is 24.4 Å². The molecule has 2 saturated heterocycles. The Morgan fingerprint density at radius 2 is 1.65 bits per heavy atom. The van der Waals surface area contributed by atoms with Crippen molar-refractivity contribution in [3.63, 3.8) is 0 Å². The molecule has 3 aliphatic rings. The number of anilines is 1. The number of benzene rings is 1. The number of carbonyl (C=O) groups excluding carboxylic acids is 1. The molecule has 0 bridgehead atoms. The molecule has 8 rings (SSSR count). The van der Waals surface area contributed by atoms with E-state index in [2.05, 4.69) is 29.7 Å². The number of ether oxygens (including phenoxy) is 1. The van der Waals surface area contributed by atoms with Crippen LogP contribution in [-0.2, 0) is 4.74 Å². The number of amides is 1.